The third-order valence-electron chi connectivity index (χ3n) is 4.32. The van der Waals surface area contributed by atoms with E-state index in [1.165, 1.54) is 11.8 Å². The van der Waals surface area contributed by atoms with Gasteiger partial charge in [-0.25, -0.2) is 9.59 Å². The van der Waals surface area contributed by atoms with E-state index in [1.807, 2.05) is 26.0 Å². The molecule has 2 amide bonds. The van der Waals surface area contributed by atoms with Gasteiger partial charge in [0.2, 0.25) is 5.91 Å². The van der Waals surface area contributed by atoms with Crippen LogP contribution in [0.25, 0.3) is 0 Å². The minimum atomic E-state index is -1.05. The van der Waals surface area contributed by atoms with Crippen LogP contribution in [0.1, 0.15) is 33.6 Å². The number of fused-ring (bicyclic) bond motifs is 1. The highest BCUT2D eigenvalue weighted by Crippen LogP contribution is 2.38. The molecule has 5 atom stereocenters. The van der Waals surface area contributed by atoms with Crippen molar-refractivity contribution in [3.63, 3.8) is 0 Å². The van der Waals surface area contributed by atoms with Gasteiger partial charge in [-0.15, -0.1) is 0 Å². The van der Waals surface area contributed by atoms with Crippen molar-refractivity contribution < 1.29 is 24.2 Å². The summed E-state index contributed by atoms with van der Waals surface area (Å²) in [5.74, 6) is -1.39. The predicted molar refractivity (Wildman–Crippen MR) is 78.1 cm³/mol. The van der Waals surface area contributed by atoms with E-state index < -0.39 is 36.3 Å². The quantitative estimate of drug-likeness (QED) is 0.759. The van der Waals surface area contributed by atoms with Crippen LogP contribution in [0.4, 0.5) is 4.79 Å². The first-order valence-electron chi connectivity index (χ1n) is 7.52. The van der Waals surface area contributed by atoms with Crippen LogP contribution in [0, 0.1) is 5.92 Å². The SMILES string of the molecule is C/C=C\[C@@H]1C[C@H](C(=O)O)N2C(=O)O[C@@H](CC)[C@H](NC(C)=O)[C@@H]12. The number of carboxylic acid groups (broad SMARTS) is 1. The van der Waals surface area contributed by atoms with E-state index in [0.717, 1.165) is 0 Å². The highest BCUT2D eigenvalue weighted by Gasteiger charge is 2.55. The molecule has 0 unspecified atom stereocenters. The third kappa shape index (κ3) is 2.80. The van der Waals surface area contributed by atoms with Crippen LogP contribution in [0.2, 0.25) is 0 Å². The minimum absolute atomic E-state index is 0.121. The zero-order valence-corrected chi connectivity index (χ0v) is 13.0. The molecular weight excluding hydrogens is 288 g/mol. The van der Waals surface area contributed by atoms with Gasteiger partial charge in [-0.3, -0.25) is 9.69 Å². The second kappa shape index (κ2) is 6.37. The Morgan fingerprint density at radius 2 is 2.18 bits per heavy atom. The normalized spacial score (nSPS) is 34.4. The molecule has 2 aliphatic rings. The monoisotopic (exact) mass is 310 g/mol. The van der Waals surface area contributed by atoms with Crippen molar-refractivity contribution in [3.05, 3.63) is 12.2 Å². The molecule has 2 saturated heterocycles. The highest BCUT2D eigenvalue weighted by molar-refractivity contribution is 5.82. The number of hydrogen-bond acceptors (Lipinski definition) is 4. The van der Waals surface area contributed by atoms with Crippen molar-refractivity contribution in [2.24, 2.45) is 5.92 Å². The van der Waals surface area contributed by atoms with Crippen LogP contribution in [-0.2, 0) is 14.3 Å². The molecule has 0 spiro atoms. The second-order valence-electron chi connectivity index (χ2n) is 5.73. The van der Waals surface area contributed by atoms with Crippen LogP contribution >= 0.6 is 0 Å². The number of allylic oxidation sites excluding steroid dienone is 1. The standard InChI is InChI=1S/C15H22N2O5/c1-4-6-9-7-10(14(19)20)17-13(9)12(16-8(3)18)11(5-2)22-15(17)21/h4,6,9-13H,5,7H2,1-3H3,(H,16,18)(H,19,20)/b6-4-/t9-,10-,11+,12+,13-/m1/s1. The number of ether oxygens (including phenoxy) is 1. The molecule has 22 heavy (non-hydrogen) atoms. The molecular formula is C15H22N2O5. The Kier molecular flexibility index (Phi) is 4.73. The first-order chi connectivity index (χ1) is 10.4. The van der Waals surface area contributed by atoms with Gasteiger partial charge in [-0.1, -0.05) is 19.1 Å². The van der Waals surface area contributed by atoms with Crippen LogP contribution in [0.15, 0.2) is 12.2 Å². The number of nitrogens with zero attached hydrogens (tertiary/aromatic N) is 1. The first kappa shape index (κ1) is 16.3. The van der Waals surface area contributed by atoms with Crippen molar-refractivity contribution in [1.29, 1.82) is 0 Å². The number of carbonyl (C=O) groups is 3. The van der Waals surface area contributed by atoms with E-state index in [4.69, 9.17) is 4.74 Å². The fourth-order valence-corrected chi connectivity index (χ4v) is 3.51. The summed E-state index contributed by atoms with van der Waals surface area (Å²) in [6.07, 6.45) is 3.57. The van der Waals surface area contributed by atoms with Gasteiger partial charge in [0, 0.05) is 12.8 Å². The summed E-state index contributed by atoms with van der Waals surface area (Å²) in [6.45, 7) is 5.13. The Morgan fingerprint density at radius 3 is 2.68 bits per heavy atom. The van der Waals surface area contributed by atoms with Gasteiger partial charge in [0.05, 0.1) is 12.1 Å². The van der Waals surface area contributed by atoms with Crippen LogP contribution in [-0.4, -0.2) is 52.2 Å². The fourth-order valence-electron chi connectivity index (χ4n) is 3.51. The number of rotatable bonds is 4. The maximum atomic E-state index is 12.2. The largest absolute Gasteiger partial charge is 0.480 e. The second-order valence-corrected chi connectivity index (χ2v) is 5.73. The molecule has 0 radical (unpaired) electrons. The Labute approximate surface area is 129 Å². The summed E-state index contributed by atoms with van der Waals surface area (Å²) in [5, 5.41) is 12.2. The Bertz CT molecular complexity index is 504. The maximum absolute atomic E-state index is 12.2. The summed E-state index contributed by atoms with van der Waals surface area (Å²) in [7, 11) is 0. The van der Waals surface area contributed by atoms with E-state index in [9.17, 15) is 19.5 Å². The zero-order chi connectivity index (χ0) is 16.4. The van der Waals surface area contributed by atoms with Crippen molar-refractivity contribution >= 4 is 18.0 Å². The summed E-state index contributed by atoms with van der Waals surface area (Å²) in [5.41, 5.74) is 0. The van der Waals surface area contributed by atoms with Gasteiger partial charge in [-0.2, -0.15) is 0 Å². The summed E-state index contributed by atoms with van der Waals surface area (Å²) >= 11 is 0. The molecule has 0 aromatic heterocycles. The number of carbonyl (C=O) groups excluding carboxylic acids is 2. The van der Waals surface area contributed by atoms with Gasteiger partial charge in [0.15, 0.2) is 0 Å². The summed E-state index contributed by atoms with van der Waals surface area (Å²) in [4.78, 5) is 36.5. The van der Waals surface area contributed by atoms with E-state index in [1.54, 1.807) is 0 Å². The lowest BCUT2D eigenvalue weighted by atomic mass is 9.88. The molecule has 2 heterocycles. The predicted octanol–water partition coefficient (Wildman–Crippen LogP) is 1.14. The van der Waals surface area contributed by atoms with E-state index in [2.05, 4.69) is 5.32 Å². The molecule has 7 nitrogen and oxygen atoms in total. The molecule has 2 N–H and O–H groups in total. The number of nitrogens with one attached hydrogen (secondary N) is 1. The van der Waals surface area contributed by atoms with Gasteiger partial charge < -0.3 is 15.2 Å². The lowest BCUT2D eigenvalue weighted by Gasteiger charge is -2.43. The summed E-state index contributed by atoms with van der Waals surface area (Å²) < 4.78 is 5.35. The number of carboxylic acids is 1. The minimum Gasteiger partial charge on any atom is -0.480 e. The lowest BCUT2D eigenvalue weighted by molar-refractivity contribution is -0.143. The molecule has 0 aromatic rings. The number of aliphatic carboxylic acids is 1. The highest BCUT2D eigenvalue weighted by atomic mass is 16.6. The summed E-state index contributed by atoms with van der Waals surface area (Å²) in [6, 6.07) is -1.73. The van der Waals surface area contributed by atoms with Gasteiger partial charge in [0.25, 0.3) is 0 Å². The molecule has 7 heteroatoms. The molecule has 0 aromatic carbocycles. The smallest absolute Gasteiger partial charge is 0.411 e. The van der Waals surface area contributed by atoms with E-state index in [0.29, 0.717) is 12.8 Å². The molecule has 0 bridgehead atoms. The molecule has 2 fully saturated rings. The Balaban J connectivity index is 2.41. The van der Waals surface area contributed by atoms with Gasteiger partial charge in [-0.05, 0) is 19.8 Å². The van der Waals surface area contributed by atoms with Crippen LogP contribution in [0.5, 0.6) is 0 Å². The van der Waals surface area contributed by atoms with E-state index >= 15 is 0 Å². The lowest BCUT2D eigenvalue weighted by Crippen LogP contribution is -2.64. The Hall–Kier alpha value is -2.05. The van der Waals surface area contributed by atoms with Crippen molar-refractivity contribution in [3.8, 4) is 0 Å². The molecule has 0 saturated carbocycles. The average Bonchev–Trinajstić information content (AvgIpc) is 2.82. The first-order valence-corrected chi connectivity index (χ1v) is 7.52. The molecule has 0 aliphatic carbocycles. The molecule has 2 aliphatic heterocycles. The number of hydrogen-bond donors (Lipinski definition) is 2. The number of cyclic esters (lactones) is 1. The molecule has 2 rings (SSSR count). The topological polar surface area (TPSA) is 95.9 Å². The Morgan fingerprint density at radius 1 is 1.50 bits per heavy atom. The van der Waals surface area contributed by atoms with Crippen molar-refractivity contribution in [1.82, 2.24) is 10.2 Å². The number of amides is 2. The van der Waals surface area contributed by atoms with Crippen molar-refractivity contribution in [2.75, 3.05) is 0 Å². The average molecular weight is 310 g/mol. The van der Waals surface area contributed by atoms with Gasteiger partial charge in [0.1, 0.15) is 12.1 Å². The molecule has 122 valence electrons. The van der Waals surface area contributed by atoms with Crippen LogP contribution < -0.4 is 5.32 Å². The fraction of sp³-hybridized carbons (Fsp3) is 0.667. The maximum Gasteiger partial charge on any atom is 0.411 e. The van der Waals surface area contributed by atoms with Gasteiger partial charge >= 0.3 is 12.1 Å². The van der Waals surface area contributed by atoms with E-state index in [-0.39, 0.29) is 11.8 Å². The zero-order valence-electron chi connectivity index (χ0n) is 13.0. The van der Waals surface area contributed by atoms with Crippen molar-refractivity contribution in [2.45, 2.75) is 57.8 Å². The van der Waals surface area contributed by atoms with Crippen LogP contribution in [0.3, 0.4) is 0 Å². The third-order valence-corrected chi connectivity index (χ3v) is 4.32.